The maximum atomic E-state index is 11.6. The molecule has 0 N–H and O–H groups in total. The summed E-state index contributed by atoms with van der Waals surface area (Å²) in [6.07, 6.45) is 5.38. The largest absolute Gasteiger partial charge is 0.618 e. The summed E-state index contributed by atoms with van der Waals surface area (Å²) in [7, 11) is 0. The number of hydrogen-bond acceptors (Lipinski definition) is 2. The van der Waals surface area contributed by atoms with Gasteiger partial charge in [0.1, 0.15) is 0 Å². The van der Waals surface area contributed by atoms with E-state index in [9.17, 15) is 5.21 Å². The van der Waals surface area contributed by atoms with Crippen molar-refractivity contribution in [1.29, 1.82) is 0 Å². The number of aromatic nitrogens is 1. The van der Waals surface area contributed by atoms with E-state index in [4.69, 9.17) is 11.6 Å². The van der Waals surface area contributed by atoms with Crippen molar-refractivity contribution in [2.45, 2.75) is 34.9 Å². The molecule has 2 nitrogen and oxygen atoms in total. The molecular weight excluding hydrogens is 242 g/mol. The van der Waals surface area contributed by atoms with Crippen molar-refractivity contribution >= 4 is 23.4 Å². The van der Waals surface area contributed by atoms with E-state index in [2.05, 4.69) is 0 Å². The van der Waals surface area contributed by atoms with Crippen molar-refractivity contribution in [3.05, 3.63) is 29.6 Å². The minimum absolute atomic E-state index is 0.254. The van der Waals surface area contributed by atoms with Gasteiger partial charge in [-0.3, -0.25) is 0 Å². The third-order valence-corrected chi connectivity index (χ3v) is 6.07. The second-order valence-corrected chi connectivity index (χ2v) is 6.43. The summed E-state index contributed by atoms with van der Waals surface area (Å²) in [5.74, 6) is 1.41. The Balaban J connectivity index is 1.78. The Bertz CT molecular complexity index is 398. The van der Waals surface area contributed by atoms with Crippen molar-refractivity contribution in [3.63, 3.8) is 0 Å². The normalized spacial score (nSPS) is 36.8. The van der Waals surface area contributed by atoms with Gasteiger partial charge in [-0.05, 0) is 37.2 Å². The maximum absolute atomic E-state index is 11.6. The average Bonchev–Trinajstić information content (AvgIpc) is 2.85. The summed E-state index contributed by atoms with van der Waals surface area (Å²) in [5, 5.41) is 13.0. The Morgan fingerprint density at radius 1 is 1.31 bits per heavy atom. The predicted octanol–water partition coefficient (Wildman–Crippen LogP) is 2.82. The van der Waals surface area contributed by atoms with Crippen LogP contribution in [0.25, 0.3) is 0 Å². The first-order valence-electron chi connectivity index (χ1n) is 5.74. The van der Waals surface area contributed by atoms with Crippen molar-refractivity contribution < 1.29 is 4.73 Å². The first-order valence-corrected chi connectivity index (χ1v) is 7.06. The van der Waals surface area contributed by atoms with Crippen LogP contribution >= 0.6 is 23.4 Å². The first kappa shape index (κ1) is 10.7. The summed E-state index contributed by atoms with van der Waals surface area (Å²) in [6, 6.07) is 5.55. The second-order valence-electron chi connectivity index (χ2n) is 4.72. The molecule has 0 amide bonds. The molecule has 16 heavy (non-hydrogen) atoms. The zero-order valence-electron chi connectivity index (χ0n) is 8.88. The molecule has 0 aromatic carbocycles. The number of alkyl halides is 1. The number of halogens is 1. The van der Waals surface area contributed by atoms with Crippen LogP contribution in [0, 0.1) is 17.0 Å². The van der Waals surface area contributed by atoms with Gasteiger partial charge in [0.2, 0.25) is 0 Å². The van der Waals surface area contributed by atoms with Gasteiger partial charge in [-0.1, -0.05) is 11.8 Å². The van der Waals surface area contributed by atoms with Gasteiger partial charge in [-0.2, -0.15) is 4.73 Å². The van der Waals surface area contributed by atoms with Gasteiger partial charge in [0, 0.05) is 22.8 Å². The molecule has 0 radical (unpaired) electrons. The van der Waals surface area contributed by atoms with Crippen molar-refractivity contribution in [2.75, 3.05) is 0 Å². The van der Waals surface area contributed by atoms with Gasteiger partial charge in [0.25, 0.3) is 5.03 Å². The van der Waals surface area contributed by atoms with Crippen LogP contribution in [0.4, 0.5) is 0 Å². The summed E-state index contributed by atoms with van der Waals surface area (Å²) >= 11 is 8.11. The topological polar surface area (TPSA) is 26.9 Å². The Morgan fingerprint density at radius 3 is 2.81 bits per heavy atom. The van der Waals surface area contributed by atoms with Crippen LogP contribution in [0.5, 0.6) is 0 Å². The van der Waals surface area contributed by atoms with Crippen molar-refractivity contribution in [3.8, 4) is 0 Å². The molecule has 4 atom stereocenters. The van der Waals surface area contributed by atoms with Crippen LogP contribution in [0.2, 0.25) is 0 Å². The third kappa shape index (κ3) is 1.70. The van der Waals surface area contributed by atoms with Gasteiger partial charge in [-0.25, -0.2) is 0 Å². The highest BCUT2D eigenvalue weighted by Crippen LogP contribution is 2.52. The van der Waals surface area contributed by atoms with Gasteiger partial charge >= 0.3 is 0 Å². The molecule has 2 aliphatic carbocycles. The number of hydrogen-bond donors (Lipinski definition) is 0. The van der Waals surface area contributed by atoms with Crippen LogP contribution in [-0.4, -0.2) is 10.6 Å². The molecule has 0 saturated heterocycles. The van der Waals surface area contributed by atoms with Crippen LogP contribution in [0.3, 0.4) is 0 Å². The summed E-state index contributed by atoms with van der Waals surface area (Å²) in [4.78, 5) is 0. The lowest BCUT2D eigenvalue weighted by Gasteiger charge is -2.24. The lowest BCUT2D eigenvalue weighted by molar-refractivity contribution is -0.645. The molecule has 4 unspecified atom stereocenters. The van der Waals surface area contributed by atoms with Gasteiger partial charge in [0.15, 0.2) is 6.20 Å². The smallest absolute Gasteiger partial charge is 0.251 e. The third-order valence-electron chi connectivity index (χ3n) is 3.79. The SMILES string of the molecule is [O-][n+]1ccccc1SC1C2CCC(C2)C1Cl. The van der Waals surface area contributed by atoms with E-state index in [1.165, 1.54) is 19.3 Å². The molecular formula is C12H14ClNOS. The highest BCUT2D eigenvalue weighted by molar-refractivity contribution is 7.99. The first-order chi connectivity index (χ1) is 7.75. The number of pyridine rings is 1. The van der Waals surface area contributed by atoms with E-state index in [0.717, 1.165) is 15.7 Å². The van der Waals surface area contributed by atoms with Crippen LogP contribution < -0.4 is 4.73 Å². The van der Waals surface area contributed by atoms with Crippen molar-refractivity contribution in [2.24, 2.45) is 11.8 Å². The molecule has 2 bridgehead atoms. The number of fused-ring (bicyclic) bond motifs is 2. The molecule has 1 heterocycles. The molecule has 1 aromatic heterocycles. The Morgan fingerprint density at radius 2 is 2.12 bits per heavy atom. The van der Waals surface area contributed by atoms with E-state index in [0.29, 0.717) is 11.2 Å². The molecule has 3 rings (SSSR count). The molecule has 4 heteroatoms. The fourth-order valence-corrected chi connectivity index (χ4v) is 4.95. The van der Waals surface area contributed by atoms with Gasteiger partial charge < -0.3 is 5.21 Å². The van der Waals surface area contributed by atoms with E-state index in [1.54, 1.807) is 24.0 Å². The number of nitrogens with zero attached hydrogens (tertiary/aromatic N) is 1. The summed E-state index contributed by atoms with van der Waals surface area (Å²) in [5.41, 5.74) is 0. The van der Waals surface area contributed by atoms with E-state index in [1.807, 2.05) is 12.1 Å². The number of thioether (sulfide) groups is 1. The Labute approximate surface area is 105 Å². The Hall–Kier alpha value is -0.410. The lowest BCUT2D eigenvalue weighted by atomic mass is 10.00. The molecule has 2 saturated carbocycles. The molecule has 2 fully saturated rings. The van der Waals surface area contributed by atoms with Crippen LogP contribution in [-0.2, 0) is 0 Å². The van der Waals surface area contributed by atoms with Crippen LogP contribution in [0.15, 0.2) is 29.4 Å². The minimum atomic E-state index is 0.254. The lowest BCUT2D eigenvalue weighted by Crippen LogP contribution is -2.32. The summed E-state index contributed by atoms with van der Waals surface area (Å²) in [6.45, 7) is 0. The molecule has 86 valence electrons. The standard InChI is InChI=1S/C12H14ClNOS/c13-11-8-4-5-9(7-8)12(11)16-10-3-1-2-6-14(10)15/h1-3,6,8-9,11-12H,4-5,7H2. The maximum Gasteiger partial charge on any atom is 0.251 e. The number of rotatable bonds is 2. The summed E-state index contributed by atoms with van der Waals surface area (Å²) < 4.78 is 0.945. The van der Waals surface area contributed by atoms with E-state index in [-0.39, 0.29) is 5.38 Å². The average molecular weight is 256 g/mol. The van der Waals surface area contributed by atoms with Crippen LogP contribution in [0.1, 0.15) is 19.3 Å². The fraction of sp³-hybridized carbons (Fsp3) is 0.583. The second kappa shape index (κ2) is 4.11. The van der Waals surface area contributed by atoms with E-state index >= 15 is 0 Å². The monoisotopic (exact) mass is 255 g/mol. The van der Waals surface area contributed by atoms with Gasteiger partial charge in [-0.15, -0.1) is 11.6 Å². The zero-order chi connectivity index (χ0) is 11.1. The van der Waals surface area contributed by atoms with Crippen molar-refractivity contribution in [1.82, 2.24) is 0 Å². The quantitative estimate of drug-likeness (QED) is 0.462. The zero-order valence-corrected chi connectivity index (χ0v) is 10.5. The highest BCUT2D eigenvalue weighted by Gasteiger charge is 2.47. The van der Waals surface area contributed by atoms with Gasteiger partial charge in [0.05, 0.1) is 0 Å². The van der Waals surface area contributed by atoms with E-state index < -0.39 is 0 Å². The predicted molar refractivity (Wildman–Crippen MR) is 65.5 cm³/mol. The molecule has 2 aliphatic rings. The highest BCUT2D eigenvalue weighted by atomic mass is 35.5. The molecule has 1 aromatic rings. The molecule has 0 aliphatic heterocycles. The Kier molecular flexibility index (Phi) is 2.76. The minimum Gasteiger partial charge on any atom is -0.618 e. The fourth-order valence-electron chi connectivity index (χ4n) is 2.97. The molecule has 0 spiro atoms.